The zero-order valence-corrected chi connectivity index (χ0v) is 26.7. The van der Waals surface area contributed by atoms with E-state index in [1.807, 2.05) is 0 Å². The van der Waals surface area contributed by atoms with E-state index in [0.29, 0.717) is 17.1 Å². The van der Waals surface area contributed by atoms with Crippen LogP contribution in [0.1, 0.15) is 32.3 Å². The highest BCUT2D eigenvalue weighted by atomic mass is 35.5. The van der Waals surface area contributed by atoms with Gasteiger partial charge in [-0.15, -0.1) is 0 Å². The zero-order valence-electron chi connectivity index (χ0n) is 25.2. The number of benzene rings is 2. The summed E-state index contributed by atoms with van der Waals surface area (Å²) in [7, 11) is 2.79. The molecule has 2 aromatic carbocycles. The van der Waals surface area contributed by atoms with Crippen molar-refractivity contribution in [1.82, 2.24) is 10.6 Å². The molecule has 2 atom stereocenters. The first-order valence-electron chi connectivity index (χ1n) is 13.8. The number of rotatable bonds is 17. The fourth-order valence-corrected chi connectivity index (χ4v) is 4.76. The summed E-state index contributed by atoms with van der Waals surface area (Å²) in [5, 5.41) is 4.37. The van der Waals surface area contributed by atoms with Gasteiger partial charge in [-0.1, -0.05) is 43.1 Å². The van der Waals surface area contributed by atoms with Crippen LogP contribution in [0, 0.1) is 11.8 Å². The van der Waals surface area contributed by atoms with Crippen LogP contribution in [0.3, 0.4) is 0 Å². The molecule has 254 valence electrons. The molecule has 0 aromatic heterocycles. The van der Waals surface area contributed by atoms with Gasteiger partial charge in [0.2, 0.25) is 5.78 Å². The minimum absolute atomic E-state index is 0.150. The molecule has 0 fully saturated rings. The molecule has 2 rings (SSSR count). The van der Waals surface area contributed by atoms with E-state index in [-0.39, 0.29) is 22.2 Å². The molecule has 0 radical (unpaired) electrons. The summed E-state index contributed by atoms with van der Waals surface area (Å²) in [4.78, 5) is 51.3. The summed E-state index contributed by atoms with van der Waals surface area (Å²) >= 11 is 11.9. The summed E-state index contributed by atoms with van der Waals surface area (Å²) in [5.74, 6) is -12.3. The van der Waals surface area contributed by atoms with E-state index in [2.05, 4.69) is 5.32 Å². The van der Waals surface area contributed by atoms with Crippen molar-refractivity contribution in [3.8, 4) is 17.2 Å². The third-order valence-electron chi connectivity index (χ3n) is 6.67. The molecule has 0 bridgehead atoms. The van der Waals surface area contributed by atoms with Crippen LogP contribution in [0.4, 0.5) is 22.0 Å². The molecule has 0 aliphatic carbocycles. The van der Waals surface area contributed by atoms with E-state index in [4.69, 9.17) is 37.4 Å². The standard InChI is InChI=1S/C30H33Cl2F5N2O7/c1-16(2)21(27(42)30(36,37)28(43)38-8-7-29(33,34)35)14-23(40)22(9-17-5-6-24(44-3)25(10-17)45-4)39-26(41)15-46-20-12-18(31)11-19(32)13-20/h5-6,10-13,16,21-22H,7-9,14-15H2,1-4H3,(H,38,43)(H,39,41)/t21-,22-/m0/s1. The third-order valence-corrected chi connectivity index (χ3v) is 7.11. The summed E-state index contributed by atoms with van der Waals surface area (Å²) in [6, 6.07) is 7.50. The van der Waals surface area contributed by atoms with Crippen molar-refractivity contribution < 1.29 is 55.3 Å². The number of alkyl halides is 5. The van der Waals surface area contributed by atoms with Crippen molar-refractivity contribution >= 4 is 46.6 Å². The molecule has 0 saturated carbocycles. The van der Waals surface area contributed by atoms with Gasteiger partial charge in [0.15, 0.2) is 23.9 Å². The minimum Gasteiger partial charge on any atom is -0.493 e. The molecule has 2 aromatic rings. The maximum atomic E-state index is 14.8. The lowest BCUT2D eigenvalue weighted by Crippen LogP contribution is -2.51. The number of Topliss-reactive ketones (excluding diaryl/α,β-unsaturated/α-hetero) is 2. The van der Waals surface area contributed by atoms with Gasteiger partial charge in [0.05, 0.1) is 26.7 Å². The molecule has 2 N–H and O–H groups in total. The van der Waals surface area contributed by atoms with Crippen LogP contribution in [-0.2, 0) is 25.6 Å². The SMILES string of the molecule is COc1ccc(C[C@H](NC(=O)COc2cc(Cl)cc(Cl)c2)C(=O)C[C@H](C(=O)C(F)(F)C(=O)NCCC(F)(F)F)C(C)C)cc1OC. The summed E-state index contributed by atoms with van der Waals surface area (Å²) in [6.07, 6.45) is -7.31. The number of hydrogen-bond donors (Lipinski definition) is 2. The van der Waals surface area contributed by atoms with E-state index in [9.17, 15) is 41.1 Å². The van der Waals surface area contributed by atoms with E-state index < -0.39 is 79.4 Å². The molecule has 0 saturated heterocycles. The Hall–Kier alpha value is -3.65. The van der Waals surface area contributed by atoms with Gasteiger partial charge in [0, 0.05) is 28.9 Å². The second-order valence-electron chi connectivity index (χ2n) is 10.5. The van der Waals surface area contributed by atoms with Crippen molar-refractivity contribution in [2.75, 3.05) is 27.4 Å². The average molecular weight is 699 g/mol. The number of methoxy groups -OCH3 is 2. The van der Waals surface area contributed by atoms with Crippen molar-refractivity contribution in [1.29, 1.82) is 0 Å². The highest BCUT2D eigenvalue weighted by Crippen LogP contribution is 2.31. The molecule has 0 heterocycles. The van der Waals surface area contributed by atoms with Crippen LogP contribution < -0.4 is 24.8 Å². The van der Waals surface area contributed by atoms with Gasteiger partial charge in [0.1, 0.15) is 5.75 Å². The first kappa shape index (κ1) is 38.5. The Morgan fingerprint density at radius 1 is 0.891 bits per heavy atom. The fraction of sp³-hybridized carbons (Fsp3) is 0.467. The fourth-order valence-electron chi connectivity index (χ4n) is 4.25. The van der Waals surface area contributed by atoms with Gasteiger partial charge in [-0.25, -0.2) is 0 Å². The van der Waals surface area contributed by atoms with Crippen molar-refractivity contribution in [3.05, 3.63) is 52.0 Å². The van der Waals surface area contributed by atoms with Crippen LogP contribution in [0.5, 0.6) is 17.2 Å². The number of ether oxygens (including phenoxy) is 3. The second-order valence-corrected chi connectivity index (χ2v) is 11.4. The quantitative estimate of drug-likeness (QED) is 0.163. The normalized spacial score (nSPS) is 13.0. The lowest BCUT2D eigenvalue weighted by molar-refractivity contribution is -0.163. The van der Waals surface area contributed by atoms with Gasteiger partial charge >= 0.3 is 12.1 Å². The number of ketones is 2. The van der Waals surface area contributed by atoms with Crippen molar-refractivity contribution in [2.24, 2.45) is 11.8 Å². The molecular weight excluding hydrogens is 666 g/mol. The zero-order chi connectivity index (χ0) is 34.8. The Balaban J connectivity index is 2.29. The van der Waals surface area contributed by atoms with Crippen molar-refractivity contribution in [2.45, 2.75) is 51.3 Å². The second kappa shape index (κ2) is 16.8. The Morgan fingerprint density at radius 2 is 1.50 bits per heavy atom. The summed E-state index contributed by atoms with van der Waals surface area (Å²) in [6.45, 7) is 0.952. The van der Waals surface area contributed by atoms with Crippen LogP contribution in [0.25, 0.3) is 0 Å². The predicted molar refractivity (Wildman–Crippen MR) is 159 cm³/mol. The van der Waals surface area contributed by atoms with Crippen LogP contribution >= 0.6 is 23.2 Å². The molecule has 0 unspecified atom stereocenters. The van der Waals surface area contributed by atoms with Crippen LogP contribution in [0.15, 0.2) is 36.4 Å². The third kappa shape index (κ3) is 11.6. The number of halogens is 7. The number of nitrogens with one attached hydrogen (secondary N) is 2. The molecule has 16 heteroatoms. The molecule has 0 aliphatic rings. The topological polar surface area (TPSA) is 120 Å². The highest BCUT2D eigenvalue weighted by Gasteiger charge is 2.51. The van der Waals surface area contributed by atoms with E-state index in [1.165, 1.54) is 57.6 Å². The average Bonchev–Trinajstić information content (AvgIpc) is 2.96. The van der Waals surface area contributed by atoms with Gasteiger partial charge in [-0.05, 0) is 48.2 Å². The Bertz CT molecular complexity index is 1390. The number of carbonyl (C=O) groups is 4. The van der Waals surface area contributed by atoms with Gasteiger partial charge < -0.3 is 24.8 Å². The minimum atomic E-state index is -4.73. The summed E-state index contributed by atoms with van der Waals surface area (Å²) < 4.78 is 82.8. The van der Waals surface area contributed by atoms with E-state index >= 15 is 0 Å². The monoisotopic (exact) mass is 698 g/mol. The lowest BCUT2D eigenvalue weighted by Gasteiger charge is -2.26. The Morgan fingerprint density at radius 3 is 2.04 bits per heavy atom. The Labute approximate surface area is 272 Å². The van der Waals surface area contributed by atoms with Gasteiger partial charge in [0.25, 0.3) is 11.8 Å². The molecule has 0 spiro atoms. The van der Waals surface area contributed by atoms with Crippen LogP contribution in [-0.4, -0.2) is 68.9 Å². The van der Waals surface area contributed by atoms with Crippen LogP contribution in [0.2, 0.25) is 10.0 Å². The van der Waals surface area contributed by atoms with E-state index in [1.54, 1.807) is 12.1 Å². The number of carbonyl (C=O) groups excluding carboxylic acids is 4. The first-order valence-corrected chi connectivity index (χ1v) is 14.5. The number of hydrogen-bond acceptors (Lipinski definition) is 7. The Kier molecular flexibility index (Phi) is 14.1. The highest BCUT2D eigenvalue weighted by molar-refractivity contribution is 6.34. The molecular formula is C30H33Cl2F5N2O7. The maximum Gasteiger partial charge on any atom is 0.390 e. The largest absolute Gasteiger partial charge is 0.493 e. The molecule has 9 nitrogen and oxygen atoms in total. The number of amides is 2. The summed E-state index contributed by atoms with van der Waals surface area (Å²) in [5.41, 5.74) is 0.459. The smallest absolute Gasteiger partial charge is 0.390 e. The van der Waals surface area contributed by atoms with Gasteiger partial charge in [-0.3, -0.25) is 19.2 Å². The lowest BCUT2D eigenvalue weighted by atomic mass is 9.82. The maximum absolute atomic E-state index is 14.8. The van der Waals surface area contributed by atoms with Crippen molar-refractivity contribution in [3.63, 3.8) is 0 Å². The molecule has 0 aliphatic heterocycles. The first-order chi connectivity index (χ1) is 21.4. The molecule has 2 amide bonds. The van der Waals surface area contributed by atoms with Gasteiger partial charge in [-0.2, -0.15) is 22.0 Å². The molecule has 46 heavy (non-hydrogen) atoms. The predicted octanol–water partition coefficient (Wildman–Crippen LogP) is 5.62. The van der Waals surface area contributed by atoms with E-state index in [0.717, 1.165) is 0 Å².